The Balaban J connectivity index is 3.59. The highest BCUT2D eigenvalue weighted by atomic mass is 16.5. The lowest BCUT2D eigenvalue weighted by atomic mass is 10.2. The van der Waals surface area contributed by atoms with E-state index < -0.39 is 12.1 Å². The first-order chi connectivity index (χ1) is 5.57. The zero-order chi connectivity index (χ0) is 9.56. The number of hydrogen-bond donors (Lipinski definition) is 2. The summed E-state index contributed by atoms with van der Waals surface area (Å²) < 4.78 is 4.64. The Morgan fingerprint density at radius 3 is 2.50 bits per heavy atom. The molecule has 12 heavy (non-hydrogen) atoms. The van der Waals surface area contributed by atoms with E-state index >= 15 is 0 Å². The monoisotopic (exact) mass is 175 g/mol. The van der Waals surface area contributed by atoms with E-state index in [9.17, 15) is 9.59 Å². The van der Waals surface area contributed by atoms with E-state index in [-0.39, 0.29) is 12.3 Å². The van der Waals surface area contributed by atoms with E-state index in [0.29, 0.717) is 6.54 Å². The highest BCUT2D eigenvalue weighted by Crippen LogP contribution is 1.95. The van der Waals surface area contributed by atoms with Crippen LogP contribution in [0.4, 0.5) is 0 Å². The third-order valence-electron chi connectivity index (χ3n) is 1.34. The molecule has 0 spiro atoms. The maximum Gasteiger partial charge on any atom is 0.332 e. The van der Waals surface area contributed by atoms with E-state index in [1.807, 2.05) is 0 Å². The molecule has 1 atom stereocenters. The first-order valence-electron chi connectivity index (χ1n) is 3.58. The number of methoxy groups -OCH3 is 1. The molecule has 1 amide bonds. The van der Waals surface area contributed by atoms with Crippen LogP contribution >= 0.6 is 0 Å². The van der Waals surface area contributed by atoms with Gasteiger partial charge in [-0.1, -0.05) is 0 Å². The number of aliphatic carboxylic acids is 1. The Labute approximate surface area is 70.7 Å². The van der Waals surface area contributed by atoms with Crippen molar-refractivity contribution in [2.24, 2.45) is 0 Å². The van der Waals surface area contributed by atoms with Gasteiger partial charge in [-0.2, -0.15) is 0 Å². The Bertz CT molecular complexity index is 169. The summed E-state index contributed by atoms with van der Waals surface area (Å²) in [6, 6.07) is 0. The first-order valence-corrected chi connectivity index (χ1v) is 3.58. The number of amides is 1. The zero-order valence-electron chi connectivity index (χ0n) is 7.16. The first kappa shape index (κ1) is 10.9. The SMILES string of the molecule is COC(CCNC(C)=O)C(=O)O. The largest absolute Gasteiger partial charge is 0.479 e. The number of carboxylic acid groups (broad SMARTS) is 1. The number of carboxylic acids is 1. The van der Waals surface area contributed by atoms with Gasteiger partial charge in [0.05, 0.1) is 0 Å². The van der Waals surface area contributed by atoms with E-state index in [4.69, 9.17) is 5.11 Å². The third-order valence-corrected chi connectivity index (χ3v) is 1.34. The zero-order valence-corrected chi connectivity index (χ0v) is 7.16. The van der Waals surface area contributed by atoms with Crippen molar-refractivity contribution in [3.8, 4) is 0 Å². The van der Waals surface area contributed by atoms with Crippen molar-refractivity contribution in [3.63, 3.8) is 0 Å². The number of hydrogen-bond acceptors (Lipinski definition) is 3. The van der Waals surface area contributed by atoms with Gasteiger partial charge in [-0.15, -0.1) is 0 Å². The summed E-state index contributed by atoms with van der Waals surface area (Å²) in [6.45, 7) is 1.70. The van der Waals surface area contributed by atoms with Gasteiger partial charge in [0, 0.05) is 27.0 Å². The third kappa shape index (κ3) is 4.68. The van der Waals surface area contributed by atoms with Gasteiger partial charge in [0.1, 0.15) is 0 Å². The fourth-order valence-corrected chi connectivity index (χ4v) is 0.721. The van der Waals surface area contributed by atoms with Crippen molar-refractivity contribution in [1.29, 1.82) is 0 Å². The van der Waals surface area contributed by atoms with Crippen LogP contribution in [-0.2, 0) is 14.3 Å². The minimum atomic E-state index is -1.01. The molecule has 0 radical (unpaired) electrons. The Kier molecular flexibility index (Phi) is 5.03. The van der Waals surface area contributed by atoms with E-state index in [0.717, 1.165) is 0 Å². The fraction of sp³-hybridized carbons (Fsp3) is 0.714. The Hall–Kier alpha value is -1.10. The van der Waals surface area contributed by atoms with Crippen molar-refractivity contribution in [2.75, 3.05) is 13.7 Å². The van der Waals surface area contributed by atoms with Crippen LogP contribution in [-0.4, -0.2) is 36.7 Å². The molecule has 0 fully saturated rings. The Morgan fingerprint density at radius 1 is 1.58 bits per heavy atom. The number of carbonyl (C=O) groups excluding carboxylic acids is 1. The maximum atomic E-state index is 10.4. The summed E-state index contributed by atoms with van der Waals surface area (Å²) in [7, 11) is 1.33. The molecule has 0 aliphatic rings. The normalized spacial score (nSPS) is 12.2. The maximum absolute atomic E-state index is 10.4. The average Bonchev–Trinajstić information content (AvgIpc) is 1.96. The topological polar surface area (TPSA) is 75.6 Å². The van der Waals surface area contributed by atoms with Gasteiger partial charge >= 0.3 is 5.97 Å². The van der Waals surface area contributed by atoms with Crippen LogP contribution in [0.2, 0.25) is 0 Å². The predicted octanol–water partition coefficient (Wildman–Crippen LogP) is -0.388. The molecule has 0 heterocycles. The molecule has 0 rings (SSSR count). The van der Waals surface area contributed by atoms with E-state index in [2.05, 4.69) is 10.1 Å². The fourth-order valence-electron chi connectivity index (χ4n) is 0.721. The molecule has 0 aromatic rings. The van der Waals surface area contributed by atoms with Crippen molar-refractivity contribution < 1.29 is 19.4 Å². The lowest BCUT2D eigenvalue weighted by molar-refractivity contribution is -0.148. The van der Waals surface area contributed by atoms with Crippen molar-refractivity contribution in [1.82, 2.24) is 5.32 Å². The summed E-state index contributed by atoms with van der Waals surface area (Å²) >= 11 is 0. The van der Waals surface area contributed by atoms with Gasteiger partial charge < -0.3 is 15.2 Å². The molecule has 0 saturated carbocycles. The summed E-state index contributed by atoms with van der Waals surface area (Å²) in [6.07, 6.45) is -0.553. The lowest BCUT2D eigenvalue weighted by Gasteiger charge is -2.09. The second kappa shape index (κ2) is 5.54. The van der Waals surface area contributed by atoms with Crippen LogP contribution in [0.3, 0.4) is 0 Å². The molecule has 1 unspecified atom stereocenters. The van der Waals surface area contributed by atoms with Crippen molar-refractivity contribution in [2.45, 2.75) is 19.4 Å². The highest BCUT2D eigenvalue weighted by Gasteiger charge is 2.15. The quantitative estimate of drug-likeness (QED) is 0.596. The molecular weight excluding hydrogens is 162 g/mol. The van der Waals surface area contributed by atoms with Gasteiger partial charge in [0.25, 0.3) is 0 Å². The molecule has 0 aromatic carbocycles. The molecule has 0 bridgehead atoms. The van der Waals surface area contributed by atoms with Crippen LogP contribution in [0, 0.1) is 0 Å². The summed E-state index contributed by atoms with van der Waals surface area (Å²) in [5, 5.41) is 11.0. The summed E-state index contributed by atoms with van der Waals surface area (Å²) in [5.74, 6) is -1.18. The average molecular weight is 175 g/mol. The highest BCUT2D eigenvalue weighted by molar-refractivity contribution is 5.73. The number of nitrogens with one attached hydrogen (secondary N) is 1. The molecule has 0 aromatic heterocycles. The van der Waals surface area contributed by atoms with E-state index in [1.165, 1.54) is 14.0 Å². The van der Waals surface area contributed by atoms with Crippen LogP contribution in [0.5, 0.6) is 0 Å². The minimum absolute atomic E-state index is 0.171. The molecule has 0 aliphatic carbocycles. The number of rotatable bonds is 5. The molecular formula is C7H13NO4. The standard InChI is InChI=1S/C7H13NO4/c1-5(9)8-4-3-6(12-2)7(10)11/h6H,3-4H2,1-2H3,(H,8,9)(H,10,11). The van der Waals surface area contributed by atoms with Crippen molar-refractivity contribution >= 4 is 11.9 Å². The van der Waals surface area contributed by atoms with Gasteiger partial charge in [0.15, 0.2) is 6.10 Å². The van der Waals surface area contributed by atoms with Crippen LogP contribution < -0.4 is 5.32 Å². The molecule has 70 valence electrons. The lowest BCUT2D eigenvalue weighted by Crippen LogP contribution is -2.29. The predicted molar refractivity (Wildman–Crippen MR) is 41.7 cm³/mol. The molecule has 2 N–H and O–H groups in total. The minimum Gasteiger partial charge on any atom is -0.479 e. The van der Waals surface area contributed by atoms with Crippen LogP contribution in [0.1, 0.15) is 13.3 Å². The Morgan fingerprint density at radius 2 is 2.17 bits per heavy atom. The molecule has 0 saturated heterocycles. The van der Waals surface area contributed by atoms with E-state index in [1.54, 1.807) is 0 Å². The molecule has 5 heteroatoms. The smallest absolute Gasteiger partial charge is 0.332 e. The van der Waals surface area contributed by atoms with Gasteiger partial charge in [0.2, 0.25) is 5.91 Å². The number of carbonyl (C=O) groups is 2. The van der Waals surface area contributed by atoms with Crippen molar-refractivity contribution in [3.05, 3.63) is 0 Å². The molecule has 5 nitrogen and oxygen atoms in total. The summed E-state index contributed by atoms with van der Waals surface area (Å²) in [4.78, 5) is 20.8. The van der Waals surface area contributed by atoms with Crippen LogP contribution in [0.15, 0.2) is 0 Å². The van der Waals surface area contributed by atoms with Gasteiger partial charge in [-0.25, -0.2) is 4.79 Å². The van der Waals surface area contributed by atoms with Gasteiger partial charge in [-0.05, 0) is 0 Å². The molecule has 0 aliphatic heterocycles. The number of ether oxygens (including phenoxy) is 1. The second-order valence-corrected chi connectivity index (χ2v) is 2.33. The second-order valence-electron chi connectivity index (χ2n) is 2.33. The van der Waals surface area contributed by atoms with Crippen LogP contribution in [0.25, 0.3) is 0 Å². The van der Waals surface area contributed by atoms with Gasteiger partial charge in [-0.3, -0.25) is 4.79 Å². The summed E-state index contributed by atoms with van der Waals surface area (Å²) in [5.41, 5.74) is 0.